The van der Waals surface area contributed by atoms with Gasteiger partial charge in [-0.3, -0.25) is 4.79 Å². The van der Waals surface area contributed by atoms with Crippen LogP contribution in [0.3, 0.4) is 0 Å². The van der Waals surface area contributed by atoms with Gasteiger partial charge in [-0.1, -0.05) is 37.3 Å². The van der Waals surface area contributed by atoms with Crippen molar-refractivity contribution in [3.8, 4) is 0 Å². The van der Waals surface area contributed by atoms with E-state index in [0.29, 0.717) is 19.0 Å². The molecule has 3 rings (SSSR count). The highest BCUT2D eigenvalue weighted by molar-refractivity contribution is 5.78. The van der Waals surface area contributed by atoms with Crippen LogP contribution in [0.4, 0.5) is 0 Å². The molecule has 1 unspecified atom stereocenters. The minimum Gasteiger partial charge on any atom is -0.391 e. The molecule has 2 heterocycles. The lowest BCUT2D eigenvalue weighted by molar-refractivity contribution is -0.127. The van der Waals surface area contributed by atoms with Crippen LogP contribution in [0.5, 0.6) is 0 Å². The van der Waals surface area contributed by atoms with Gasteiger partial charge in [-0.15, -0.1) is 0 Å². The number of hydrogen-bond acceptors (Lipinski definition) is 4. The molecule has 2 aliphatic heterocycles. The topological polar surface area (TPSA) is 55.8 Å². The number of piperidine rings is 2. The average molecular weight is 402 g/mol. The number of benzene rings is 1. The van der Waals surface area contributed by atoms with Gasteiger partial charge in [0.15, 0.2) is 0 Å². The summed E-state index contributed by atoms with van der Waals surface area (Å²) >= 11 is 0. The molecular weight excluding hydrogens is 362 g/mol. The lowest BCUT2D eigenvalue weighted by Gasteiger charge is -2.41. The highest BCUT2D eigenvalue weighted by atomic mass is 16.3. The molecular formula is C24H39N3O2. The molecule has 0 radical (unpaired) electrons. The van der Waals surface area contributed by atoms with E-state index < -0.39 is 6.10 Å². The highest BCUT2D eigenvalue weighted by Crippen LogP contribution is 2.24. The van der Waals surface area contributed by atoms with Gasteiger partial charge < -0.3 is 20.2 Å². The smallest absolute Gasteiger partial charge is 0.223 e. The number of nitrogens with one attached hydrogen (secondary N) is 1. The van der Waals surface area contributed by atoms with Crippen LogP contribution in [0.1, 0.15) is 51.0 Å². The summed E-state index contributed by atoms with van der Waals surface area (Å²) in [5, 5.41) is 12.5. The van der Waals surface area contributed by atoms with Crippen molar-refractivity contribution in [2.75, 3.05) is 39.3 Å². The number of aliphatic hydroxyl groups is 1. The van der Waals surface area contributed by atoms with Crippen LogP contribution in [-0.4, -0.2) is 72.2 Å². The molecule has 29 heavy (non-hydrogen) atoms. The van der Waals surface area contributed by atoms with E-state index in [1.807, 2.05) is 6.92 Å². The number of likely N-dealkylation sites (tertiary alicyclic amines) is 2. The molecule has 5 nitrogen and oxygen atoms in total. The third kappa shape index (κ3) is 7.09. The third-order valence-corrected chi connectivity index (χ3v) is 6.74. The van der Waals surface area contributed by atoms with E-state index in [9.17, 15) is 9.90 Å². The Morgan fingerprint density at radius 1 is 1.10 bits per heavy atom. The number of hydrogen-bond donors (Lipinski definition) is 2. The predicted molar refractivity (Wildman–Crippen MR) is 118 cm³/mol. The second-order valence-electron chi connectivity index (χ2n) is 8.78. The maximum atomic E-state index is 12.3. The first-order valence-corrected chi connectivity index (χ1v) is 11.6. The summed E-state index contributed by atoms with van der Waals surface area (Å²) < 4.78 is 0. The largest absolute Gasteiger partial charge is 0.391 e. The van der Waals surface area contributed by atoms with Gasteiger partial charge in [0.05, 0.1) is 6.10 Å². The van der Waals surface area contributed by atoms with Crippen molar-refractivity contribution in [2.45, 2.75) is 64.0 Å². The summed E-state index contributed by atoms with van der Waals surface area (Å²) in [5.74, 6) is 0.249. The number of amides is 1. The van der Waals surface area contributed by atoms with Crippen molar-refractivity contribution >= 4 is 5.91 Å². The molecule has 0 bridgehead atoms. The quantitative estimate of drug-likeness (QED) is 0.668. The van der Waals surface area contributed by atoms with Crippen LogP contribution < -0.4 is 5.32 Å². The van der Waals surface area contributed by atoms with E-state index in [4.69, 9.17) is 0 Å². The SMILES string of the molecule is CCC(O)CNC(=O)C1CCN(C2CCN(CCCc3ccccc3)CC2)CC1. The highest BCUT2D eigenvalue weighted by Gasteiger charge is 2.30. The second kappa shape index (κ2) is 11.7. The zero-order chi connectivity index (χ0) is 20.5. The Labute approximate surface area is 176 Å². The monoisotopic (exact) mass is 401 g/mol. The standard InChI is InChI=1S/C24H39N3O2/c1-2-23(28)19-25-24(29)21-10-17-27(18-11-21)22-12-15-26(16-13-22)14-6-9-20-7-4-3-5-8-20/h3-5,7-8,21-23,28H,2,6,9-19H2,1H3,(H,25,29). The van der Waals surface area contributed by atoms with Crippen LogP contribution in [0.2, 0.25) is 0 Å². The van der Waals surface area contributed by atoms with Gasteiger partial charge in [-0.05, 0) is 83.2 Å². The predicted octanol–water partition coefficient (Wildman–Crippen LogP) is 2.68. The van der Waals surface area contributed by atoms with Gasteiger partial charge in [0, 0.05) is 18.5 Å². The van der Waals surface area contributed by atoms with Gasteiger partial charge in [0.1, 0.15) is 0 Å². The summed E-state index contributed by atoms with van der Waals surface area (Å²) in [6.07, 6.45) is 7.08. The molecule has 0 spiro atoms. The Hall–Kier alpha value is -1.43. The van der Waals surface area contributed by atoms with Crippen molar-refractivity contribution in [3.63, 3.8) is 0 Å². The van der Waals surface area contributed by atoms with Crippen LogP contribution in [0, 0.1) is 5.92 Å². The number of carbonyl (C=O) groups is 1. The van der Waals surface area contributed by atoms with Crippen molar-refractivity contribution < 1.29 is 9.90 Å². The zero-order valence-electron chi connectivity index (χ0n) is 18.1. The summed E-state index contributed by atoms with van der Waals surface area (Å²) in [7, 11) is 0. The Balaban J connectivity index is 1.30. The van der Waals surface area contributed by atoms with Crippen molar-refractivity contribution in [3.05, 3.63) is 35.9 Å². The number of carbonyl (C=O) groups excluding carboxylic acids is 1. The number of rotatable bonds is 9. The maximum Gasteiger partial charge on any atom is 0.223 e. The lowest BCUT2D eigenvalue weighted by atomic mass is 9.92. The molecule has 2 fully saturated rings. The molecule has 162 valence electrons. The summed E-state index contributed by atoms with van der Waals surface area (Å²) in [6, 6.07) is 11.5. The molecule has 0 saturated carbocycles. The van der Waals surface area contributed by atoms with E-state index in [1.54, 1.807) is 0 Å². The van der Waals surface area contributed by atoms with Gasteiger partial charge in [0.2, 0.25) is 5.91 Å². The summed E-state index contributed by atoms with van der Waals surface area (Å²) in [6.45, 7) is 8.00. The molecule has 1 amide bonds. The zero-order valence-corrected chi connectivity index (χ0v) is 18.1. The van der Waals surface area contributed by atoms with Gasteiger partial charge in [0.25, 0.3) is 0 Å². The van der Waals surface area contributed by atoms with Crippen LogP contribution in [0.25, 0.3) is 0 Å². The average Bonchev–Trinajstić information content (AvgIpc) is 2.78. The fraction of sp³-hybridized carbons (Fsp3) is 0.708. The number of nitrogens with zero attached hydrogens (tertiary/aromatic N) is 2. The number of aliphatic hydroxyl groups excluding tert-OH is 1. The maximum absolute atomic E-state index is 12.3. The van der Waals surface area contributed by atoms with E-state index in [1.165, 1.54) is 50.9 Å². The second-order valence-corrected chi connectivity index (χ2v) is 8.78. The first kappa shape index (κ1) is 22.3. The van der Waals surface area contributed by atoms with Crippen molar-refractivity contribution in [2.24, 2.45) is 5.92 Å². The first-order chi connectivity index (χ1) is 14.2. The van der Waals surface area contributed by atoms with Gasteiger partial charge in [-0.25, -0.2) is 0 Å². The molecule has 2 N–H and O–H groups in total. The van der Waals surface area contributed by atoms with Crippen molar-refractivity contribution in [1.29, 1.82) is 0 Å². The Bertz CT molecular complexity index is 593. The fourth-order valence-electron chi connectivity index (χ4n) is 4.69. The van der Waals surface area contributed by atoms with Crippen LogP contribution in [-0.2, 0) is 11.2 Å². The molecule has 0 aliphatic carbocycles. The molecule has 1 aromatic carbocycles. The molecule has 2 saturated heterocycles. The minimum atomic E-state index is -0.420. The Morgan fingerprint density at radius 2 is 1.79 bits per heavy atom. The van der Waals surface area contributed by atoms with Crippen molar-refractivity contribution in [1.82, 2.24) is 15.1 Å². The number of aryl methyl sites for hydroxylation is 1. The molecule has 1 aromatic rings. The van der Waals surface area contributed by atoms with E-state index >= 15 is 0 Å². The normalized spacial score (nSPS) is 21.2. The third-order valence-electron chi connectivity index (χ3n) is 6.74. The van der Waals surface area contributed by atoms with E-state index in [0.717, 1.165) is 25.9 Å². The van der Waals surface area contributed by atoms with Gasteiger partial charge >= 0.3 is 0 Å². The van der Waals surface area contributed by atoms with Crippen LogP contribution >= 0.6 is 0 Å². The van der Waals surface area contributed by atoms with E-state index in [2.05, 4.69) is 45.4 Å². The molecule has 2 aliphatic rings. The van der Waals surface area contributed by atoms with E-state index in [-0.39, 0.29) is 11.8 Å². The first-order valence-electron chi connectivity index (χ1n) is 11.6. The fourth-order valence-corrected chi connectivity index (χ4v) is 4.69. The Morgan fingerprint density at radius 3 is 2.45 bits per heavy atom. The summed E-state index contributed by atoms with van der Waals surface area (Å²) in [5.41, 5.74) is 1.44. The summed E-state index contributed by atoms with van der Waals surface area (Å²) in [4.78, 5) is 17.5. The molecule has 5 heteroatoms. The van der Waals surface area contributed by atoms with Crippen LogP contribution in [0.15, 0.2) is 30.3 Å². The lowest BCUT2D eigenvalue weighted by Crippen LogP contribution is -2.49. The minimum absolute atomic E-state index is 0.119. The Kier molecular flexibility index (Phi) is 8.96. The molecule has 1 atom stereocenters. The van der Waals surface area contributed by atoms with Gasteiger partial charge in [-0.2, -0.15) is 0 Å². The molecule has 0 aromatic heterocycles.